The fraction of sp³-hybridized carbons (Fsp3) is 0.235. The van der Waals surface area contributed by atoms with Crippen molar-refractivity contribution in [2.75, 3.05) is 21.3 Å². The second kappa shape index (κ2) is 8.66. The summed E-state index contributed by atoms with van der Waals surface area (Å²) in [7, 11) is 3.77. The van der Waals surface area contributed by atoms with E-state index in [0.29, 0.717) is 0 Å². The maximum atomic E-state index is 12.6. The second-order valence-corrected chi connectivity index (χ2v) is 5.37. The lowest BCUT2D eigenvalue weighted by atomic mass is 10.1. The van der Waals surface area contributed by atoms with E-state index in [9.17, 15) is 25.0 Å². The van der Waals surface area contributed by atoms with E-state index < -0.39 is 21.4 Å². The summed E-state index contributed by atoms with van der Waals surface area (Å²) in [4.78, 5) is 33.9. The normalized spacial score (nSPS) is 10.1. The van der Waals surface area contributed by atoms with Crippen molar-refractivity contribution in [2.24, 2.45) is 0 Å². The molecular formula is C17H17N3O8. The van der Waals surface area contributed by atoms with Crippen molar-refractivity contribution in [2.45, 2.75) is 6.54 Å². The van der Waals surface area contributed by atoms with Crippen LogP contribution in [0.5, 0.6) is 17.2 Å². The molecule has 0 aliphatic heterocycles. The molecule has 0 aliphatic carbocycles. The number of para-hydroxylation sites is 1. The van der Waals surface area contributed by atoms with Gasteiger partial charge < -0.3 is 19.5 Å². The third-order valence-electron chi connectivity index (χ3n) is 3.86. The first-order valence-electron chi connectivity index (χ1n) is 7.83. The molecule has 0 spiro atoms. The lowest BCUT2D eigenvalue weighted by Gasteiger charge is -2.15. The van der Waals surface area contributed by atoms with Gasteiger partial charge in [0.2, 0.25) is 11.5 Å². The molecule has 148 valence electrons. The Labute approximate surface area is 159 Å². The largest absolute Gasteiger partial charge is 0.493 e. The van der Waals surface area contributed by atoms with Gasteiger partial charge in [0.15, 0.2) is 5.75 Å². The number of benzene rings is 2. The maximum absolute atomic E-state index is 12.6. The molecule has 2 rings (SSSR count). The monoisotopic (exact) mass is 391 g/mol. The number of rotatable bonds is 8. The third-order valence-corrected chi connectivity index (χ3v) is 3.86. The van der Waals surface area contributed by atoms with Crippen LogP contribution in [0.1, 0.15) is 15.9 Å². The Morgan fingerprint density at radius 3 is 2.18 bits per heavy atom. The molecule has 0 unspecified atom stereocenters. The number of hydrogen-bond acceptors (Lipinski definition) is 8. The average molecular weight is 391 g/mol. The van der Waals surface area contributed by atoms with Crippen LogP contribution in [0.4, 0.5) is 11.4 Å². The Morgan fingerprint density at radius 2 is 1.64 bits per heavy atom. The van der Waals surface area contributed by atoms with Crippen LogP contribution in [-0.2, 0) is 6.54 Å². The highest BCUT2D eigenvalue weighted by atomic mass is 16.6. The number of nitrogens with one attached hydrogen (secondary N) is 1. The lowest BCUT2D eigenvalue weighted by molar-refractivity contribution is -0.386. The van der Waals surface area contributed by atoms with Gasteiger partial charge in [0.25, 0.3) is 11.6 Å². The van der Waals surface area contributed by atoms with Gasteiger partial charge in [-0.25, -0.2) is 0 Å². The SMILES string of the molecule is COc1cc(C(=O)NCc2ccccc2[N+](=O)[O-])c([N+](=O)[O-])c(OC)c1OC. The van der Waals surface area contributed by atoms with E-state index in [0.717, 1.165) is 6.07 Å². The van der Waals surface area contributed by atoms with Crippen LogP contribution in [0.15, 0.2) is 30.3 Å². The molecule has 0 fully saturated rings. The Hall–Kier alpha value is -3.89. The summed E-state index contributed by atoms with van der Waals surface area (Å²) in [5.41, 5.74) is -0.878. The molecule has 28 heavy (non-hydrogen) atoms. The number of nitro benzene ring substituents is 2. The van der Waals surface area contributed by atoms with E-state index in [1.165, 1.54) is 39.5 Å². The Balaban J connectivity index is 2.45. The quantitative estimate of drug-likeness (QED) is 0.534. The summed E-state index contributed by atoms with van der Waals surface area (Å²) in [6.45, 7) is -0.205. The highest BCUT2D eigenvalue weighted by Gasteiger charge is 2.32. The summed E-state index contributed by atoms with van der Waals surface area (Å²) in [6.07, 6.45) is 0. The smallest absolute Gasteiger partial charge is 0.327 e. The summed E-state index contributed by atoms with van der Waals surface area (Å²) >= 11 is 0. The van der Waals surface area contributed by atoms with Crippen molar-refractivity contribution in [3.63, 3.8) is 0 Å². The van der Waals surface area contributed by atoms with Gasteiger partial charge in [-0.3, -0.25) is 25.0 Å². The maximum Gasteiger partial charge on any atom is 0.327 e. The predicted octanol–water partition coefficient (Wildman–Crippen LogP) is 2.46. The number of ether oxygens (including phenoxy) is 3. The van der Waals surface area contributed by atoms with Crippen LogP contribution in [0.2, 0.25) is 0 Å². The van der Waals surface area contributed by atoms with Crippen molar-refractivity contribution in [1.29, 1.82) is 0 Å². The molecule has 0 bridgehead atoms. The molecule has 0 saturated heterocycles. The Morgan fingerprint density at radius 1 is 1.00 bits per heavy atom. The number of hydrogen-bond donors (Lipinski definition) is 1. The number of carbonyl (C=O) groups is 1. The second-order valence-electron chi connectivity index (χ2n) is 5.37. The van der Waals surface area contributed by atoms with Gasteiger partial charge in [-0.2, -0.15) is 0 Å². The fourth-order valence-corrected chi connectivity index (χ4v) is 2.60. The number of methoxy groups -OCH3 is 3. The number of amides is 1. The number of nitro groups is 2. The van der Waals surface area contributed by atoms with E-state index in [4.69, 9.17) is 14.2 Å². The molecule has 0 atom stereocenters. The zero-order valence-electron chi connectivity index (χ0n) is 15.3. The first kappa shape index (κ1) is 20.4. The fourth-order valence-electron chi connectivity index (χ4n) is 2.60. The molecule has 0 radical (unpaired) electrons. The third kappa shape index (κ3) is 3.92. The van der Waals surface area contributed by atoms with E-state index in [2.05, 4.69) is 5.32 Å². The zero-order valence-corrected chi connectivity index (χ0v) is 15.3. The number of carbonyl (C=O) groups excluding carboxylic acids is 1. The van der Waals surface area contributed by atoms with E-state index in [1.54, 1.807) is 6.07 Å². The van der Waals surface area contributed by atoms with Crippen molar-refractivity contribution in [1.82, 2.24) is 5.32 Å². The molecule has 0 saturated carbocycles. The van der Waals surface area contributed by atoms with E-state index in [-0.39, 0.29) is 40.6 Å². The predicted molar refractivity (Wildman–Crippen MR) is 97.0 cm³/mol. The number of nitrogens with zero attached hydrogens (tertiary/aromatic N) is 2. The van der Waals surface area contributed by atoms with Crippen LogP contribution in [0, 0.1) is 20.2 Å². The molecule has 11 nitrogen and oxygen atoms in total. The van der Waals surface area contributed by atoms with Crippen molar-refractivity contribution < 1.29 is 28.9 Å². The van der Waals surface area contributed by atoms with E-state index >= 15 is 0 Å². The Bertz CT molecular complexity index is 929. The molecule has 0 heterocycles. The van der Waals surface area contributed by atoms with Crippen molar-refractivity contribution in [3.05, 3.63) is 61.7 Å². The van der Waals surface area contributed by atoms with E-state index in [1.807, 2.05) is 0 Å². The summed E-state index contributed by atoms with van der Waals surface area (Å²) in [5.74, 6) is -1.08. The zero-order chi connectivity index (χ0) is 20.8. The summed E-state index contributed by atoms with van der Waals surface area (Å²) in [5, 5.41) is 25.1. The first-order valence-corrected chi connectivity index (χ1v) is 7.83. The van der Waals surface area contributed by atoms with Gasteiger partial charge in [-0.05, 0) is 0 Å². The van der Waals surface area contributed by atoms with Crippen LogP contribution < -0.4 is 19.5 Å². The highest BCUT2D eigenvalue weighted by Crippen LogP contribution is 2.46. The Kier molecular flexibility index (Phi) is 6.32. The average Bonchev–Trinajstić information content (AvgIpc) is 2.69. The van der Waals surface area contributed by atoms with Crippen molar-refractivity contribution >= 4 is 17.3 Å². The van der Waals surface area contributed by atoms with Gasteiger partial charge in [0, 0.05) is 24.2 Å². The van der Waals surface area contributed by atoms with Crippen LogP contribution >= 0.6 is 0 Å². The van der Waals surface area contributed by atoms with Gasteiger partial charge in [0.1, 0.15) is 5.56 Å². The van der Waals surface area contributed by atoms with Crippen LogP contribution in [0.25, 0.3) is 0 Å². The highest BCUT2D eigenvalue weighted by molar-refractivity contribution is 6.00. The van der Waals surface area contributed by atoms with Gasteiger partial charge >= 0.3 is 5.69 Å². The molecule has 2 aromatic carbocycles. The molecule has 0 aliphatic rings. The molecule has 2 aromatic rings. The van der Waals surface area contributed by atoms with Gasteiger partial charge in [0.05, 0.1) is 31.2 Å². The topological polar surface area (TPSA) is 143 Å². The van der Waals surface area contributed by atoms with Crippen molar-refractivity contribution in [3.8, 4) is 17.2 Å². The van der Waals surface area contributed by atoms with Gasteiger partial charge in [-0.1, -0.05) is 18.2 Å². The minimum Gasteiger partial charge on any atom is -0.493 e. The first-order chi connectivity index (χ1) is 13.3. The molecule has 11 heteroatoms. The minimum atomic E-state index is -0.830. The molecule has 1 amide bonds. The molecular weight excluding hydrogens is 374 g/mol. The lowest BCUT2D eigenvalue weighted by Crippen LogP contribution is -2.24. The molecule has 0 aromatic heterocycles. The van der Waals surface area contributed by atoms with Crippen LogP contribution in [-0.4, -0.2) is 37.1 Å². The standard InChI is InChI=1S/C17H17N3O8/c1-26-13-8-11(14(20(24)25)16(28-3)15(13)27-2)17(21)18-9-10-6-4-5-7-12(10)19(22)23/h4-8H,9H2,1-3H3,(H,18,21). The molecule has 1 N–H and O–H groups in total. The summed E-state index contributed by atoms with van der Waals surface area (Å²) in [6, 6.07) is 6.99. The van der Waals surface area contributed by atoms with Gasteiger partial charge in [-0.15, -0.1) is 0 Å². The van der Waals surface area contributed by atoms with Crippen LogP contribution in [0.3, 0.4) is 0 Å². The minimum absolute atomic E-state index is 0.0352. The summed E-state index contributed by atoms with van der Waals surface area (Å²) < 4.78 is 15.3.